The molecule has 0 aromatic heterocycles. The maximum Gasteiger partial charge on any atom is 0.234 e. The molecule has 0 aliphatic rings. The Morgan fingerprint density at radius 2 is 1.62 bits per heavy atom. The second-order valence-corrected chi connectivity index (χ2v) is 7.83. The molecule has 0 aliphatic heterocycles. The molecule has 0 spiro atoms. The van der Waals surface area contributed by atoms with Crippen LogP contribution < -0.4 is 10.6 Å². The molecule has 0 unspecified atom stereocenters. The zero-order valence-corrected chi connectivity index (χ0v) is 16.3. The van der Waals surface area contributed by atoms with Crippen LogP contribution in [0.25, 0.3) is 10.8 Å². The Labute approximate surface area is 155 Å². The Morgan fingerprint density at radius 3 is 2.31 bits per heavy atom. The quantitative estimate of drug-likeness (QED) is 0.838. The van der Waals surface area contributed by atoms with Crippen LogP contribution in [0.3, 0.4) is 0 Å². The van der Waals surface area contributed by atoms with Gasteiger partial charge >= 0.3 is 0 Å². The molecule has 2 aromatic carbocycles. The highest BCUT2D eigenvalue weighted by atomic mass is 16.2. The molecular formula is C21H29N3O2. The van der Waals surface area contributed by atoms with Gasteiger partial charge in [0.1, 0.15) is 0 Å². The van der Waals surface area contributed by atoms with Crippen LogP contribution in [0.15, 0.2) is 42.5 Å². The van der Waals surface area contributed by atoms with Crippen LogP contribution in [-0.2, 0) is 9.59 Å². The zero-order chi connectivity index (χ0) is 19.3. The van der Waals surface area contributed by atoms with E-state index in [2.05, 4.69) is 28.8 Å². The van der Waals surface area contributed by atoms with Crippen LogP contribution in [0.5, 0.6) is 0 Å². The number of nitrogens with one attached hydrogen (secondary N) is 2. The molecule has 2 aromatic rings. The fourth-order valence-corrected chi connectivity index (χ4v) is 3.00. The summed E-state index contributed by atoms with van der Waals surface area (Å²) in [5.41, 5.74) is 0.813. The highest BCUT2D eigenvalue weighted by Gasteiger charge is 2.17. The molecular weight excluding hydrogens is 326 g/mol. The van der Waals surface area contributed by atoms with E-state index in [1.54, 1.807) is 11.9 Å². The highest BCUT2D eigenvalue weighted by Crippen LogP contribution is 2.23. The van der Waals surface area contributed by atoms with Gasteiger partial charge in [-0.1, -0.05) is 42.5 Å². The predicted octanol–water partition coefficient (Wildman–Crippen LogP) is 2.86. The Bertz CT molecular complexity index is 775. The van der Waals surface area contributed by atoms with Gasteiger partial charge in [0.25, 0.3) is 0 Å². The minimum absolute atomic E-state index is 0.0881. The molecule has 5 nitrogen and oxygen atoms in total. The summed E-state index contributed by atoms with van der Waals surface area (Å²) in [4.78, 5) is 26.0. The molecule has 140 valence electrons. The van der Waals surface area contributed by atoms with E-state index in [0.717, 1.165) is 16.3 Å². The topological polar surface area (TPSA) is 61.4 Å². The van der Waals surface area contributed by atoms with Crippen molar-refractivity contribution in [2.75, 3.05) is 20.1 Å². The van der Waals surface area contributed by atoms with Gasteiger partial charge in [0.2, 0.25) is 11.8 Å². The van der Waals surface area contributed by atoms with E-state index in [1.165, 1.54) is 0 Å². The van der Waals surface area contributed by atoms with Gasteiger partial charge in [0, 0.05) is 5.54 Å². The number of carbonyl (C=O) groups is 2. The van der Waals surface area contributed by atoms with Crippen molar-refractivity contribution in [2.24, 2.45) is 0 Å². The summed E-state index contributed by atoms with van der Waals surface area (Å²) in [6, 6.07) is 14.1. The largest absolute Gasteiger partial charge is 0.350 e. The van der Waals surface area contributed by atoms with Gasteiger partial charge < -0.3 is 10.6 Å². The highest BCUT2D eigenvalue weighted by molar-refractivity contribution is 5.87. The summed E-state index contributed by atoms with van der Waals surface area (Å²) in [6.07, 6.45) is 0. The Balaban J connectivity index is 1.93. The van der Waals surface area contributed by atoms with Crippen molar-refractivity contribution in [3.05, 3.63) is 48.0 Å². The number of hydrogen-bond donors (Lipinski definition) is 2. The summed E-state index contributed by atoms with van der Waals surface area (Å²) in [6.45, 7) is 8.14. The second kappa shape index (κ2) is 8.32. The third-order valence-corrected chi connectivity index (χ3v) is 4.01. The molecule has 0 heterocycles. The van der Waals surface area contributed by atoms with Gasteiger partial charge in [0.15, 0.2) is 0 Å². The molecule has 26 heavy (non-hydrogen) atoms. The van der Waals surface area contributed by atoms with Crippen LogP contribution in [0.2, 0.25) is 0 Å². The summed E-state index contributed by atoms with van der Waals surface area (Å²) >= 11 is 0. The number of amides is 2. The molecule has 0 saturated carbocycles. The van der Waals surface area contributed by atoms with Gasteiger partial charge in [-0.2, -0.15) is 0 Å². The second-order valence-electron chi connectivity index (χ2n) is 7.83. The van der Waals surface area contributed by atoms with Crippen LogP contribution in [0, 0.1) is 0 Å². The van der Waals surface area contributed by atoms with E-state index in [0.29, 0.717) is 0 Å². The van der Waals surface area contributed by atoms with Crippen molar-refractivity contribution >= 4 is 22.6 Å². The first kappa shape index (κ1) is 19.9. The van der Waals surface area contributed by atoms with Gasteiger partial charge in [-0.25, -0.2) is 0 Å². The van der Waals surface area contributed by atoms with Gasteiger partial charge in [-0.05, 0) is 51.1 Å². The maximum absolute atomic E-state index is 12.4. The molecule has 0 fully saturated rings. The lowest BCUT2D eigenvalue weighted by Gasteiger charge is -2.23. The van der Waals surface area contributed by atoms with Gasteiger partial charge in [0.05, 0.1) is 19.1 Å². The number of fused-ring (bicyclic) bond motifs is 1. The van der Waals surface area contributed by atoms with E-state index in [-0.39, 0.29) is 36.5 Å². The number of likely N-dealkylation sites (N-methyl/N-ethyl adjacent to an activating group) is 1. The van der Waals surface area contributed by atoms with Crippen molar-refractivity contribution in [2.45, 2.75) is 39.3 Å². The maximum atomic E-state index is 12.4. The SMILES string of the molecule is C[C@H](NC(=O)CN(C)CC(=O)NC(C)(C)C)c1cccc2ccccc12. The lowest BCUT2D eigenvalue weighted by atomic mass is 10.00. The summed E-state index contributed by atoms with van der Waals surface area (Å²) in [5, 5.41) is 8.22. The van der Waals surface area contributed by atoms with E-state index >= 15 is 0 Å². The first-order valence-corrected chi connectivity index (χ1v) is 8.92. The molecule has 1 atom stereocenters. The molecule has 2 amide bonds. The van der Waals surface area contributed by atoms with Crippen molar-refractivity contribution in [3.63, 3.8) is 0 Å². The van der Waals surface area contributed by atoms with Crippen LogP contribution in [0.1, 0.15) is 39.3 Å². The van der Waals surface area contributed by atoms with Crippen LogP contribution in [-0.4, -0.2) is 42.4 Å². The Kier molecular flexibility index (Phi) is 6.37. The molecule has 0 saturated heterocycles. The van der Waals surface area contributed by atoms with E-state index in [9.17, 15) is 9.59 Å². The Hall–Kier alpha value is -2.40. The number of carbonyl (C=O) groups excluding carboxylic acids is 2. The van der Waals surface area contributed by atoms with Crippen LogP contribution in [0.4, 0.5) is 0 Å². The lowest BCUT2D eigenvalue weighted by Crippen LogP contribution is -2.47. The molecule has 5 heteroatoms. The van der Waals surface area contributed by atoms with E-state index in [4.69, 9.17) is 0 Å². The van der Waals surface area contributed by atoms with Crippen LogP contribution >= 0.6 is 0 Å². The monoisotopic (exact) mass is 355 g/mol. The van der Waals surface area contributed by atoms with Crippen molar-refractivity contribution in [1.29, 1.82) is 0 Å². The average Bonchev–Trinajstić information content (AvgIpc) is 2.51. The van der Waals surface area contributed by atoms with E-state index < -0.39 is 0 Å². The van der Waals surface area contributed by atoms with Crippen molar-refractivity contribution in [1.82, 2.24) is 15.5 Å². The molecule has 0 aliphatic carbocycles. The zero-order valence-electron chi connectivity index (χ0n) is 16.3. The summed E-state index contributed by atoms with van der Waals surface area (Å²) in [7, 11) is 1.77. The van der Waals surface area contributed by atoms with E-state index in [1.807, 2.05) is 52.0 Å². The smallest absolute Gasteiger partial charge is 0.234 e. The van der Waals surface area contributed by atoms with Crippen molar-refractivity contribution in [3.8, 4) is 0 Å². The Morgan fingerprint density at radius 1 is 1.00 bits per heavy atom. The summed E-state index contributed by atoms with van der Waals surface area (Å²) < 4.78 is 0. The fraction of sp³-hybridized carbons (Fsp3) is 0.429. The minimum atomic E-state index is -0.275. The van der Waals surface area contributed by atoms with Gasteiger partial charge in [-0.3, -0.25) is 14.5 Å². The minimum Gasteiger partial charge on any atom is -0.350 e. The average molecular weight is 355 g/mol. The third kappa shape index (κ3) is 5.85. The summed E-state index contributed by atoms with van der Waals surface area (Å²) in [5.74, 6) is -0.189. The standard InChI is InChI=1S/C21H29N3O2/c1-15(17-12-8-10-16-9-6-7-11-18(16)17)22-19(25)13-24(5)14-20(26)23-21(2,3)4/h6-12,15H,13-14H2,1-5H3,(H,22,25)(H,23,26)/t15-/m0/s1. The molecule has 2 N–H and O–H groups in total. The fourth-order valence-electron chi connectivity index (χ4n) is 3.00. The molecule has 0 bridgehead atoms. The number of hydrogen-bond acceptors (Lipinski definition) is 3. The number of nitrogens with zero attached hydrogens (tertiary/aromatic N) is 1. The van der Waals surface area contributed by atoms with Gasteiger partial charge in [-0.15, -0.1) is 0 Å². The molecule has 2 rings (SSSR count). The normalized spacial score (nSPS) is 12.8. The molecule has 0 radical (unpaired) electrons. The number of rotatable bonds is 6. The van der Waals surface area contributed by atoms with Crippen molar-refractivity contribution < 1.29 is 9.59 Å². The predicted molar refractivity (Wildman–Crippen MR) is 106 cm³/mol. The third-order valence-electron chi connectivity index (χ3n) is 4.01. The lowest BCUT2D eigenvalue weighted by molar-refractivity contribution is -0.125. The first-order chi connectivity index (χ1) is 12.2. The number of benzene rings is 2. The first-order valence-electron chi connectivity index (χ1n) is 8.92.